The van der Waals surface area contributed by atoms with Gasteiger partial charge in [-0.1, -0.05) is 25.0 Å². The summed E-state index contributed by atoms with van der Waals surface area (Å²) in [6, 6.07) is 6.43. The molecule has 0 amide bonds. The Morgan fingerprint density at radius 3 is 2.58 bits per heavy atom. The SMILES string of the molecule is COc1ccccc1S(=O)(=O)NCC1(O)CCCC1. The second-order valence-electron chi connectivity index (χ2n) is 4.91. The lowest BCUT2D eigenvalue weighted by Crippen LogP contribution is -2.40. The molecule has 0 saturated heterocycles. The molecule has 0 aliphatic heterocycles. The summed E-state index contributed by atoms with van der Waals surface area (Å²) in [5, 5.41) is 10.2. The highest BCUT2D eigenvalue weighted by atomic mass is 32.2. The minimum absolute atomic E-state index is 0.0490. The predicted octanol–water partition coefficient (Wildman–Crippen LogP) is 1.28. The molecule has 5 nitrogen and oxygen atoms in total. The van der Waals surface area contributed by atoms with E-state index in [0.717, 1.165) is 12.8 Å². The molecule has 19 heavy (non-hydrogen) atoms. The maximum atomic E-state index is 12.2. The molecule has 0 bridgehead atoms. The minimum atomic E-state index is -3.66. The third-order valence-corrected chi connectivity index (χ3v) is 4.92. The maximum Gasteiger partial charge on any atom is 0.244 e. The Bertz CT molecular complexity index is 535. The van der Waals surface area contributed by atoms with E-state index in [-0.39, 0.29) is 11.4 Å². The fourth-order valence-corrected chi connectivity index (χ4v) is 3.65. The zero-order valence-electron chi connectivity index (χ0n) is 10.9. The van der Waals surface area contributed by atoms with Gasteiger partial charge in [0.2, 0.25) is 10.0 Å². The van der Waals surface area contributed by atoms with Crippen LogP contribution in [0.25, 0.3) is 0 Å². The molecule has 6 heteroatoms. The van der Waals surface area contributed by atoms with Crippen molar-refractivity contribution in [2.24, 2.45) is 0 Å². The monoisotopic (exact) mass is 285 g/mol. The van der Waals surface area contributed by atoms with Gasteiger partial charge in [0.1, 0.15) is 10.6 Å². The highest BCUT2D eigenvalue weighted by Gasteiger charge is 2.33. The highest BCUT2D eigenvalue weighted by Crippen LogP contribution is 2.29. The van der Waals surface area contributed by atoms with E-state index in [1.165, 1.54) is 13.2 Å². The number of ether oxygens (including phenoxy) is 1. The van der Waals surface area contributed by atoms with Crippen molar-refractivity contribution in [3.8, 4) is 5.75 Å². The second kappa shape index (κ2) is 5.48. The summed E-state index contributed by atoms with van der Waals surface area (Å²) in [7, 11) is -2.23. The van der Waals surface area contributed by atoms with E-state index in [1.807, 2.05) is 0 Å². The summed E-state index contributed by atoms with van der Waals surface area (Å²) in [6.07, 6.45) is 3.16. The Morgan fingerprint density at radius 1 is 1.32 bits per heavy atom. The molecule has 0 atom stereocenters. The van der Waals surface area contributed by atoms with Crippen LogP contribution in [0.5, 0.6) is 5.75 Å². The van der Waals surface area contributed by atoms with Gasteiger partial charge in [-0.3, -0.25) is 0 Å². The first kappa shape index (κ1) is 14.3. The first-order valence-corrected chi connectivity index (χ1v) is 7.80. The van der Waals surface area contributed by atoms with Gasteiger partial charge in [0.25, 0.3) is 0 Å². The number of para-hydroxylation sites is 1. The molecule has 0 heterocycles. The van der Waals surface area contributed by atoms with Crippen molar-refractivity contribution in [2.45, 2.75) is 36.2 Å². The van der Waals surface area contributed by atoms with Crippen LogP contribution in [0, 0.1) is 0 Å². The van der Waals surface area contributed by atoms with E-state index in [1.54, 1.807) is 18.2 Å². The topological polar surface area (TPSA) is 75.6 Å². The van der Waals surface area contributed by atoms with Crippen LogP contribution in [0.1, 0.15) is 25.7 Å². The minimum Gasteiger partial charge on any atom is -0.495 e. The fraction of sp³-hybridized carbons (Fsp3) is 0.538. The molecule has 1 saturated carbocycles. The van der Waals surface area contributed by atoms with Crippen LogP contribution in [-0.2, 0) is 10.0 Å². The summed E-state index contributed by atoms with van der Waals surface area (Å²) >= 11 is 0. The molecule has 0 radical (unpaired) electrons. The molecule has 0 spiro atoms. The van der Waals surface area contributed by atoms with E-state index >= 15 is 0 Å². The summed E-state index contributed by atoms with van der Waals surface area (Å²) in [6.45, 7) is 0.0490. The third kappa shape index (κ3) is 3.26. The third-order valence-electron chi connectivity index (χ3n) is 3.48. The van der Waals surface area contributed by atoms with Crippen LogP contribution in [0.15, 0.2) is 29.2 Å². The van der Waals surface area contributed by atoms with Crippen molar-refractivity contribution in [1.29, 1.82) is 0 Å². The quantitative estimate of drug-likeness (QED) is 0.854. The van der Waals surface area contributed by atoms with Gasteiger partial charge in [-0.25, -0.2) is 13.1 Å². The van der Waals surface area contributed by atoms with Crippen molar-refractivity contribution >= 4 is 10.0 Å². The van der Waals surface area contributed by atoms with Crippen LogP contribution >= 0.6 is 0 Å². The lowest BCUT2D eigenvalue weighted by molar-refractivity contribution is 0.0531. The van der Waals surface area contributed by atoms with Gasteiger partial charge in [-0.15, -0.1) is 0 Å². The van der Waals surface area contributed by atoms with Gasteiger partial charge in [0.15, 0.2) is 0 Å². The zero-order chi connectivity index (χ0) is 13.9. The van der Waals surface area contributed by atoms with Crippen LogP contribution in [-0.4, -0.2) is 32.8 Å². The average molecular weight is 285 g/mol. The van der Waals surface area contributed by atoms with E-state index in [2.05, 4.69) is 4.72 Å². The molecule has 1 aromatic carbocycles. The van der Waals surface area contributed by atoms with Crippen molar-refractivity contribution < 1.29 is 18.3 Å². The van der Waals surface area contributed by atoms with Crippen LogP contribution in [0.2, 0.25) is 0 Å². The number of nitrogens with one attached hydrogen (secondary N) is 1. The van der Waals surface area contributed by atoms with E-state index in [9.17, 15) is 13.5 Å². The second-order valence-corrected chi connectivity index (χ2v) is 6.64. The maximum absolute atomic E-state index is 12.2. The van der Waals surface area contributed by atoms with Crippen LogP contribution in [0.4, 0.5) is 0 Å². The molecule has 1 fully saturated rings. The molecule has 2 rings (SSSR count). The van der Waals surface area contributed by atoms with Gasteiger partial charge in [0.05, 0.1) is 12.7 Å². The number of aliphatic hydroxyl groups is 1. The molecule has 1 aliphatic rings. The molecule has 1 aromatic rings. The Labute approximate surface area is 113 Å². The summed E-state index contributed by atoms with van der Waals surface area (Å²) in [4.78, 5) is 0.0964. The summed E-state index contributed by atoms with van der Waals surface area (Å²) in [5.41, 5.74) is -0.908. The first-order valence-electron chi connectivity index (χ1n) is 6.32. The summed E-state index contributed by atoms with van der Waals surface area (Å²) in [5.74, 6) is 0.299. The number of hydrogen-bond acceptors (Lipinski definition) is 4. The predicted molar refractivity (Wildman–Crippen MR) is 71.6 cm³/mol. The number of rotatable bonds is 5. The van der Waals surface area contributed by atoms with E-state index in [4.69, 9.17) is 4.74 Å². The van der Waals surface area contributed by atoms with E-state index < -0.39 is 15.6 Å². The van der Waals surface area contributed by atoms with Crippen molar-refractivity contribution in [1.82, 2.24) is 4.72 Å². The normalized spacial score (nSPS) is 18.4. The Kier molecular flexibility index (Phi) is 4.13. The highest BCUT2D eigenvalue weighted by molar-refractivity contribution is 7.89. The first-order chi connectivity index (χ1) is 8.97. The van der Waals surface area contributed by atoms with Crippen molar-refractivity contribution in [3.05, 3.63) is 24.3 Å². The van der Waals surface area contributed by atoms with Crippen molar-refractivity contribution in [2.75, 3.05) is 13.7 Å². The molecule has 0 aromatic heterocycles. The standard InChI is InChI=1S/C13H19NO4S/c1-18-11-6-2-3-7-12(11)19(16,17)14-10-13(15)8-4-5-9-13/h2-3,6-7,14-15H,4-5,8-10H2,1H3. The van der Waals surface area contributed by atoms with Gasteiger partial charge in [0, 0.05) is 6.54 Å². The Morgan fingerprint density at radius 2 is 1.95 bits per heavy atom. The fourth-order valence-electron chi connectivity index (χ4n) is 2.36. The molecule has 1 aliphatic carbocycles. The number of hydrogen-bond donors (Lipinski definition) is 2. The van der Waals surface area contributed by atoms with Crippen LogP contribution in [0.3, 0.4) is 0 Å². The van der Waals surface area contributed by atoms with Gasteiger partial charge < -0.3 is 9.84 Å². The molecular weight excluding hydrogens is 266 g/mol. The molecule has 106 valence electrons. The van der Waals surface area contributed by atoms with Crippen LogP contribution < -0.4 is 9.46 Å². The zero-order valence-corrected chi connectivity index (χ0v) is 11.7. The number of methoxy groups -OCH3 is 1. The Hall–Kier alpha value is -1.11. The molecular formula is C13H19NO4S. The Balaban J connectivity index is 2.14. The van der Waals surface area contributed by atoms with Gasteiger partial charge >= 0.3 is 0 Å². The molecule has 0 unspecified atom stereocenters. The summed E-state index contributed by atoms with van der Waals surface area (Å²) < 4.78 is 31.9. The number of benzene rings is 1. The number of sulfonamides is 1. The smallest absolute Gasteiger partial charge is 0.244 e. The van der Waals surface area contributed by atoms with E-state index in [0.29, 0.717) is 18.6 Å². The molecule has 2 N–H and O–H groups in total. The largest absolute Gasteiger partial charge is 0.495 e. The lowest BCUT2D eigenvalue weighted by Gasteiger charge is -2.22. The van der Waals surface area contributed by atoms with Crippen molar-refractivity contribution in [3.63, 3.8) is 0 Å². The van der Waals surface area contributed by atoms with Gasteiger partial charge in [-0.05, 0) is 25.0 Å². The van der Waals surface area contributed by atoms with Gasteiger partial charge in [-0.2, -0.15) is 0 Å². The average Bonchev–Trinajstić information content (AvgIpc) is 2.84. The lowest BCUT2D eigenvalue weighted by atomic mass is 10.0.